The van der Waals surface area contributed by atoms with Crippen LogP contribution in [0.1, 0.15) is 20.9 Å². The van der Waals surface area contributed by atoms with Gasteiger partial charge in [-0.3, -0.25) is 4.68 Å². The maximum Gasteiger partial charge on any atom is 0.351 e. The standard InChI is InChI=1S/C11H13ClN4O2S/c1-6-7(5-16(2)15-6)4-13-11-14-9(12)8(19-11)10(17)18-3/h5H,4H2,1-3H3,(H,13,14). The lowest BCUT2D eigenvalue weighted by molar-refractivity contribution is 0.0606. The van der Waals surface area contributed by atoms with E-state index in [1.54, 1.807) is 4.68 Å². The Morgan fingerprint density at radius 1 is 1.63 bits per heavy atom. The highest BCUT2D eigenvalue weighted by Gasteiger charge is 2.17. The third-order valence-corrected chi connectivity index (χ3v) is 3.88. The van der Waals surface area contributed by atoms with E-state index in [2.05, 4.69) is 20.1 Å². The van der Waals surface area contributed by atoms with E-state index >= 15 is 0 Å². The summed E-state index contributed by atoms with van der Waals surface area (Å²) in [5.74, 6) is -0.479. The molecule has 6 nitrogen and oxygen atoms in total. The smallest absolute Gasteiger partial charge is 0.351 e. The number of methoxy groups -OCH3 is 1. The van der Waals surface area contributed by atoms with Crippen LogP contribution in [-0.2, 0) is 18.3 Å². The summed E-state index contributed by atoms with van der Waals surface area (Å²) in [5, 5.41) is 8.10. The van der Waals surface area contributed by atoms with Gasteiger partial charge in [-0.05, 0) is 6.92 Å². The first-order valence-electron chi connectivity index (χ1n) is 5.49. The zero-order chi connectivity index (χ0) is 14.0. The third kappa shape index (κ3) is 3.05. The van der Waals surface area contributed by atoms with Crippen LogP contribution in [-0.4, -0.2) is 27.8 Å². The van der Waals surface area contributed by atoms with Crippen LogP contribution < -0.4 is 5.32 Å². The van der Waals surface area contributed by atoms with Crippen LogP contribution in [0, 0.1) is 6.92 Å². The van der Waals surface area contributed by atoms with Crippen LogP contribution >= 0.6 is 22.9 Å². The Morgan fingerprint density at radius 3 is 2.95 bits per heavy atom. The van der Waals surface area contributed by atoms with E-state index < -0.39 is 5.97 Å². The summed E-state index contributed by atoms with van der Waals surface area (Å²) < 4.78 is 6.37. The molecule has 1 N–H and O–H groups in total. The van der Waals surface area contributed by atoms with Crippen molar-refractivity contribution in [3.8, 4) is 0 Å². The van der Waals surface area contributed by atoms with E-state index in [0.717, 1.165) is 11.3 Å². The molecule has 0 spiro atoms. The summed E-state index contributed by atoms with van der Waals surface area (Å²) in [6.45, 7) is 2.51. The molecule has 0 atom stereocenters. The number of carbonyl (C=O) groups is 1. The summed E-state index contributed by atoms with van der Waals surface area (Å²) in [4.78, 5) is 15.8. The van der Waals surface area contributed by atoms with Gasteiger partial charge in [0, 0.05) is 25.4 Å². The molecule has 0 bridgehead atoms. The molecule has 0 aromatic carbocycles. The number of rotatable bonds is 4. The van der Waals surface area contributed by atoms with Gasteiger partial charge in [0.05, 0.1) is 12.8 Å². The Morgan fingerprint density at radius 2 is 2.37 bits per heavy atom. The molecule has 0 saturated heterocycles. The number of ether oxygens (including phenoxy) is 1. The molecule has 102 valence electrons. The number of anilines is 1. The molecular weight excluding hydrogens is 288 g/mol. The number of thiazole rings is 1. The van der Waals surface area contributed by atoms with Gasteiger partial charge in [0.2, 0.25) is 0 Å². The van der Waals surface area contributed by atoms with Gasteiger partial charge in [-0.15, -0.1) is 0 Å². The van der Waals surface area contributed by atoms with Crippen molar-refractivity contribution < 1.29 is 9.53 Å². The molecule has 19 heavy (non-hydrogen) atoms. The normalized spacial score (nSPS) is 10.5. The zero-order valence-corrected chi connectivity index (χ0v) is 12.3. The molecule has 2 aromatic rings. The molecule has 2 aromatic heterocycles. The molecule has 8 heteroatoms. The number of esters is 1. The van der Waals surface area contributed by atoms with Crippen LogP contribution in [0.5, 0.6) is 0 Å². The van der Waals surface area contributed by atoms with Gasteiger partial charge in [-0.2, -0.15) is 5.10 Å². The number of hydrogen-bond donors (Lipinski definition) is 1. The lowest BCUT2D eigenvalue weighted by atomic mass is 10.3. The van der Waals surface area contributed by atoms with Crippen molar-refractivity contribution in [2.45, 2.75) is 13.5 Å². The number of carbonyl (C=O) groups excluding carboxylic acids is 1. The Balaban J connectivity index is 2.08. The summed E-state index contributed by atoms with van der Waals surface area (Å²) in [6, 6.07) is 0. The van der Waals surface area contributed by atoms with Crippen LogP contribution in [0.4, 0.5) is 5.13 Å². The number of aryl methyl sites for hydroxylation is 2. The lowest BCUT2D eigenvalue weighted by Crippen LogP contribution is -1.99. The molecule has 0 unspecified atom stereocenters. The second-order valence-corrected chi connectivity index (χ2v) is 5.25. The minimum Gasteiger partial charge on any atom is -0.465 e. The average Bonchev–Trinajstić information content (AvgIpc) is 2.88. The van der Waals surface area contributed by atoms with Crippen molar-refractivity contribution >= 4 is 34.0 Å². The van der Waals surface area contributed by atoms with Gasteiger partial charge < -0.3 is 10.1 Å². The van der Waals surface area contributed by atoms with E-state index in [4.69, 9.17) is 11.6 Å². The lowest BCUT2D eigenvalue weighted by Gasteiger charge is -2.00. The molecule has 0 radical (unpaired) electrons. The van der Waals surface area contributed by atoms with Gasteiger partial charge >= 0.3 is 5.97 Å². The fourth-order valence-electron chi connectivity index (χ4n) is 1.59. The van der Waals surface area contributed by atoms with E-state index in [1.165, 1.54) is 18.4 Å². The van der Waals surface area contributed by atoms with Gasteiger partial charge in [0.1, 0.15) is 0 Å². The summed E-state index contributed by atoms with van der Waals surface area (Å²) in [7, 11) is 3.18. The average molecular weight is 301 g/mol. The van der Waals surface area contributed by atoms with E-state index in [1.807, 2.05) is 20.2 Å². The summed E-state index contributed by atoms with van der Waals surface area (Å²) in [5.41, 5.74) is 2.01. The molecule has 0 aliphatic rings. The second-order valence-electron chi connectivity index (χ2n) is 3.90. The number of nitrogens with one attached hydrogen (secondary N) is 1. The molecular formula is C11H13ClN4O2S. The Kier molecular flexibility index (Phi) is 4.06. The van der Waals surface area contributed by atoms with Crippen molar-refractivity contribution in [1.29, 1.82) is 0 Å². The molecule has 0 amide bonds. The third-order valence-electron chi connectivity index (χ3n) is 2.50. The van der Waals surface area contributed by atoms with Crippen LogP contribution in [0.25, 0.3) is 0 Å². The highest BCUT2D eigenvalue weighted by molar-refractivity contribution is 7.18. The maximum atomic E-state index is 11.4. The first kappa shape index (κ1) is 13.8. The van der Waals surface area contributed by atoms with Crippen molar-refractivity contribution in [2.24, 2.45) is 7.05 Å². The zero-order valence-electron chi connectivity index (χ0n) is 10.7. The molecule has 2 heterocycles. The van der Waals surface area contributed by atoms with Crippen molar-refractivity contribution in [2.75, 3.05) is 12.4 Å². The van der Waals surface area contributed by atoms with Gasteiger partial charge in [-0.1, -0.05) is 22.9 Å². The molecule has 0 aliphatic heterocycles. The number of nitrogens with zero attached hydrogens (tertiary/aromatic N) is 3. The monoisotopic (exact) mass is 300 g/mol. The second kappa shape index (κ2) is 5.58. The highest BCUT2D eigenvalue weighted by Crippen LogP contribution is 2.27. The van der Waals surface area contributed by atoms with Crippen LogP contribution in [0.15, 0.2) is 6.20 Å². The number of halogens is 1. The molecule has 2 rings (SSSR count). The quantitative estimate of drug-likeness (QED) is 0.877. The Labute approximate surface area is 119 Å². The largest absolute Gasteiger partial charge is 0.465 e. The number of hydrogen-bond acceptors (Lipinski definition) is 6. The van der Waals surface area contributed by atoms with Gasteiger partial charge in [-0.25, -0.2) is 9.78 Å². The van der Waals surface area contributed by atoms with E-state index in [-0.39, 0.29) is 5.15 Å². The first-order chi connectivity index (χ1) is 9.01. The van der Waals surface area contributed by atoms with Crippen molar-refractivity contribution in [1.82, 2.24) is 14.8 Å². The number of aromatic nitrogens is 3. The van der Waals surface area contributed by atoms with Crippen LogP contribution in [0.2, 0.25) is 5.15 Å². The fraction of sp³-hybridized carbons (Fsp3) is 0.364. The Hall–Kier alpha value is -1.60. The summed E-state index contributed by atoms with van der Waals surface area (Å²) in [6.07, 6.45) is 1.93. The maximum absolute atomic E-state index is 11.4. The van der Waals surface area contributed by atoms with E-state index in [9.17, 15) is 4.79 Å². The SMILES string of the molecule is COC(=O)c1sc(NCc2cn(C)nc2C)nc1Cl. The van der Waals surface area contributed by atoms with Crippen molar-refractivity contribution in [3.63, 3.8) is 0 Å². The molecule has 0 fully saturated rings. The van der Waals surface area contributed by atoms with Crippen LogP contribution in [0.3, 0.4) is 0 Å². The summed E-state index contributed by atoms with van der Waals surface area (Å²) >= 11 is 7.05. The minimum absolute atomic E-state index is 0.155. The fourth-order valence-corrected chi connectivity index (χ4v) is 2.69. The van der Waals surface area contributed by atoms with E-state index in [0.29, 0.717) is 16.6 Å². The first-order valence-corrected chi connectivity index (χ1v) is 6.68. The van der Waals surface area contributed by atoms with Gasteiger partial charge in [0.25, 0.3) is 0 Å². The van der Waals surface area contributed by atoms with Crippen molar-refractivity contribution in [3.05, 3.63) is 27.5 Å². The predicted molar refractivity (Wildman–Crippen MR) is 73.7 cm³/mol. The molecule has 0 saturated carbocycles. The predicted octanol–water partition coefficient (Wildman–Crippen LogP) is 2.24. The molecule has 0 aliphatic carbocycles. The highest BCUT2D eigenvalue weighted by atomic mass is 35.5. The minimum atomic E-state index is -0.479. The van der Waals surface area contributed by atoms with Gasteiger partial charge in [0.15, 0.2) is 15.2 Å². The Bertz CT molecular complexity index is 608. The topological polar surface area (TPSA) is 69.0 Å².